The number of aliphatic hydroxyl groups excluding tert-OH is 1. The van der Waals surface area contributed by atoms with Crippen molar-refractivity contribution in [1.29, 1.82) is 0 Å². The number of amides is 2. The smallest absolute Gasteiger partial charge is 0.251 e. The van der Waals surface area contributed by atoms with Crippen LogP contribution in [0, 0.1) is 0 Å². The monoisotopic (exact) mass is 507 g/mol. The van der Waals surface area contributed by atoms with E-state index in [4.69, 9.17) is 0 Å². The van der Waals surface area contributed by atoms with Crippen LogP contribution in [0.25, 0.3) is 0 Å². The Morgan fingerprint density at radius 2 is 1.70 bits per heavy atom. The predicted molar refractivity (Wildman–Crippen MR) is 145 cm³/mol. The summed E-state index contributed by atoms with van der Waals surface area (Å²) in [5.41, 5.74) is 4.46. The molecule has 0 bridgehead atoms. The SMILES string of the molecule is CC(=O)N(C)CCN1CCN(Cc2cccc(C(=O)NCC(O)CN3CCc4ccccc4C3)c2)CC1. The Morgan fingerprint density at radius 1 is 0.973 bits per heavy atom. The van der Waals surface area contributed by atoms with Crippen LogP contribution in [0.2, 0.25) is 0 Å². The van der Waals surface area contributed by atoms with Crippen molar-refractivity contribution in [3.63, 3.8) is 0 Å². The van der Waals surface area contributed by atoms with Crippen LogP contribution in [-0.2, 0) is 24.3 Å². The third-order valence-electron chi connectivity index (χ3n) is 7.53. The van der Waals surface area contributed by atoms with Gasteiger partial charge in [-0.1, -0.05) is 36.4 Å². The first kappa shape index (κ1) is 27.3. The van der Waals surface area contributed by atoms with Crippen molar-refractivity contribution in [3.8, 4) is 0 Å². The van der Waals surface area contributed by atoms with Gasteiger partial charge in [0.1, 0.15) is 0 Å². The zero-order valence-electron chi connectivity index (χ0n) is 22.2. The van der Waals surface area contributed by atoms with Crippen LogP contribution in [-0.4, -0.2) is 109 Å². The van der Waals surface area contributed by atoms with Crippen LogP contribution in [0.4, 0.5) is 0 Å². The first-order valence-electron chi connectivity index (χ1n) is 13.4. The van der Waals surface area contributed by atoms with Crippen molar-refractivity contribution in [3.05, 3.63) is 70.8 Å². The van der Waals surface area contributed by atoms with Gasteiger partial charge >= 0.3 is 0 Å². The lowest BCUT2D eigenvalue weighted by Crippen LogP contribution is -2.48. The van der Waals surface area contributed by atoms with E-state index in [0.29, 0.717) is 12.1 Å². The number of fused-ring (bicyclic) bond motifs is 1. The molecule has 2 heterocycles. The zero-order valence-corrected chi connectivity index (χ0v) is 22.2. The molecule has 0 spiro atoms. The maximum Gasteiger partial charge on any atom is 0.251 e. The summed E-state index contributed by atoms with van der Waals surface area (Å²) in [7, 11) is 1.84. The maximum absolute atomic E-state index is 12.8. The van der Waals surface area contributed by atoms with Gasteiger partial charge in [0.25, 0.3) is 5.91 Å². The van der Waals surface area contributed by atoms with Gasteiger partial charge in [-0.15, -0.1) is 0 Å². The first-order chi connectivity index (χ1) is 17.9. The molecule has 2 aliphatic rings. The maximum atomic E-state index is 12.8. The fourth-order valence-electron chi connectivity index (χ4n) is 5.07. The Kier molecular flexibility index (Phi) is 9.68. The number of hydrogen-bond donors (Lipinski definition) is 2. The molecule has 1 saturated heterocycles. The Hall–Kier alpha value is -2.78. The lowest BCUT2D eigenvalue weighted by molar-refractivity contribution is -0.127. The Morgan fingerprint density at radius 3 is 2.46 bits per heavy atom. The summed E-state index contributed by atoms with van der Waals surface area (Å²) >= 11 is 0. The summed E-state index contributed by atoms with van der Waals surface area (Å²) in [5.74, 6) is -0.0467. The van der Waals surface area contributed by atoms with E-state index in [1.54, 1.807) is 11.8 Å². The lowest BCUT2D eigenvalue weighted by atomic mass is 10.00. The molecule has 8 heteroatoms. The topological polar surface area (TPSA) is 79.4 Å². The number of β-amino-alcohol motifs (C(OH)–C–C–N with tert-alkyl or cyclic N) is 1. The molecule has 4 rings (SSSR count). The second-order valence-corrected chi connectivity index (χ2v) is 10.4. The molecular formula is C29H41N5O3. The molecule has 1 atom stereocenters. The number of benzene rings is 2. The van der Waals surface area contributed by atoms with Crippen molar-refractivity contribution in [2.24, 2.45) is 0 Å². The summed E-state index contributed by atoms with van der Waals surface area (Å²) in [6.07, 6.45) is 0.387. The van der Waals surface area contributed by atoms with Crippen molar-refractivity contribution >= 4 is 11.8 Å². The van der Waals surface area contributed by atoms with E-state index in [-0.39, 0.29) is 18.4 Å². The molecule has 2 amide bonds. The molecule has 2 N–H and O–H groups in total. The van der Waals surface area contributed by atoms with Gasteiger partial charge in [0.2, 0.25) is 5.91 Å². The second-order valence-electron chi connectivity index (χ2n) is 10.4. The minimum absolute atomic E-state index is 0.102. The molecule has 0 aliphatic carbocycles. The molecule has 0 aromatic heterocycles. The van der Waals surface area contributed by atoms with Crippen molar-refractivity contribution < 1.29 is 14.7 Å². The van der Waals surface area contributed by atoms with Gasteiger partial charge in [-0.2, -0.15) is 0 Å². The average molecular weight is 508 g/mol. The third-order valence-corrected chi connectivity index (χ3v) is 7.53. The third kappa shape index (κ3) is 8.10. The van der Waals surface area contributed by atoms with Crippen LogP contribution >= 0.6 is 0 Å². The first-order valence-corrected chi connectivity index (χ1v) is 13.4. The Bertz CT molecular complexity index is 1050. The molecule has 2 aromatic rings. The number of nitrogens with one attached hydrogen (secondary N) is 1. The van der Waals surface area contributed by atoms with Crippen molar-refractivity contribution in [2.75, 3.05) is 66.0 Å². The summed E-state index contributed by atoms with van der Waals surface area (Å²) in [6, 6.07) is 16.2. The summed E-state index contributed by atoms with van der Waals surface area (Å²) < 4.78 is 0. The van der Waals surface area contributed by atoms with E-state index in [1.807, 2.05) is 25.2 Å². The van der Waals surface area contributed by atoms with Gasteiger partial charge in [0, 0.05) is 91.5 Å². The highest BCUT2D eigenvalue weighted by molar-refractivity contribution is 5.94. The normalized spacial score (nSPS) is 17.7. The average Bonchev–Trinajstić information content (AvgIpc) is 2.91. The van der Waals surface area contributed by atoms with E-state index >= 15 is 0 Å². The molecule has 37 heavy (non-hydrogen) atoms. The second kappa shape index (κ2) is 13.1. The fourth-order valence-corrected chi connectivity index (χ4v) is 5.07. The number of likely N-dealkylation sites (N-methyl/N-ethyl adjacent to an activating group) is 1. The highest BCUT2D eigenvalue weighted by Crippen LogP contribution is 2.18. The van der Waals surface area contributed by atoms with E-state index in [2.05, 4.69) is 50.3 Å². The Balaban J connectivity index is 1.18. The van der Waals surface area contributed by atoms with E-state index < -0.39 is 6.10 Å². The predicted octanol–water partition coefficient (Wildman–Crippen LogP) is 1.43. The van der Waals surface area contributed by atoms with Gasteiger partial charge in [-0.3, -0.25) is 24.3 Å². The van der Waals surface area contributed by atoms with E-state index in [1.165, 1.54) is 11.1 Å². The van der Waals surface area contributed by atoms with Crippen LogP contribution in [0.3, 0.4) is 0 Å². The summed E-state index contributed by atoms with van der Waals surface area (Å²) in [4.78, 5) is 33.0. The molecule has 0 radical (unpaired) electrons. The number of carbonyl (C=O) groups is 2. The van der Waals surface area contributed by atoms with Crippen LogP contribution in [0.5, 0.6) is 0 Å². The molecule has 2 aromatic carbocycles. The number of rotatable bonds is 10. The summed E-state index contributed by atoms with van der Waals surface area (Å²) in [5, 5.41) is 13.5. The van der Waals surface area contributed by atoms with Gasteiger partial charge in [0.05, 0.1) is 6.10 Å². The van der Waals surface area contributed by atoms with Crippen molar-refractivity contribution in [1.82, 2.24) is 24.9 Å². The van der Waals surface area contributed by atoms with Gasteiger partial charge in [-0.25, -0.2) is 0 Å². The largest absolute Gasteiger partial charge is 0.390 e. The highest BCUT2D eigenvalue weighted by Gasteiger charge is 2.20. The van der Waals surface area contributed by atoms with Crippen molar-refractivity contribution in [2.45, 2.75) is 32.5 Å². The minimum atomic E-state index is -0.607. The summed E-state index contributed by atoms with van der Waals surface area (Å²) in [6.45, 7) is 10.5. The van der Waals surface area contributed by atoms with Gasteiger partial charge in [-0.05, 0) is 35.2 Å². The molecule has 1 fully saturated rings. The number of hydrogen-bond acceptors (Lipinski definition) is 6. The van der Waals surface area contributed by atoms with E-state index in [9.17, 15) is 14.7 Å². The minimum Gasteiger partial charge on any atom is -0.390 e. The number of aliphatic hydroxyl groups is 1. The number of piperazine rings is 1. The molecule has 2 aliphatic heterocycles. The van der Waals surface area contributed by atoms with Gasteiger partial charge < -0.3 is 15.3 Å². The molecule has 8 nitrogen and oxygen atoms in total. The fraction of sp³-hybridized carbons (Fsp3) is 0.517. The zero-order chi connectivity index (χ0) is 26.2. The molecule has 200 valence electrons. The van der Waals surface area contributed by atoms with Gasteiger partial charge in [0.15, 0.2) is 0 Å². The van der Waals surface area contributed by atoms with Crippen LogP contribution in [0.15, 0.2) is 48.5 Å². The molecular weight excluding hydrogens is 466 g/mol. The quantitative estimate of drug-likeness (QED) is 0.507. The lowest BCUT2D eigenvalue weighted by Gasteiger charge is -2.35. The molecule has 0 saturated carbocycles. The number of nitrogens with zero attached hydrogens (tertiary/aromatic N) is 4. The van der Waals surface area contributed by atoms with Crippen LogP contribution < -0.4 is 5.32 Å². The standard InChI is InChI=1S/C29H41N5O3/c1-23(35)31(2)12-13-32-14-16-33(17-15-32)20-24-6-5-9-26(18-24)29(37)30-19-28(36)22-34-11-10-25-7-3-4-8-27(25)21-34/h3-9,18,28,36H,10-17,19-22H2,1-2H3,(H,30,37). The number of carbonyl (C=O) groups excluding carboxylic acids is 2. The Labute approximate surface area is 220 Å². The molecule has 1 unspecified atom stereocenters. The van der Waals surface area contributed by atoms with E-state index in [0.717, 1.165) is 70.9 Å². The van der Waals surface area contributed by atoms with Crippen LogP contribution in [0.1, 0.15) is 34.0 Å². The highest BCUT2D eigenvalue weighted by atomic mass is 16.3.